The van der Waals surface area contributed by atoms with E-state index in [1.807, 2.05) is 32.0 Å². The average Bonchev–Trinajstić information content (AvgIpc) is 3.02. The third-order valence-corrected chi connectivity index (χ3v) is 4.29. The molecule has 0 aliphatic rings. The normalized spacial score (nSPS) is 10.5. The van der Waals surface area contributed by atoms with Gasteiger partial charge in [-0.3, -0.25) is 9.59 Å². The van der Waals surface area contributed by atoms with Crippen molar-refractivity contribution in [3.63, 3.8) is 0 Å². The van der Waals surface area contributed by atoms with Gasteiger partial charge in [0.25, 0.3) is 5.91 Å². The quantitative estimate of drug-likeness (QED) is 0.666. The molecule has 6 nitrogen and oxygen atoms in total. The molecule has 0 saturated carbocycles. The molecule has 2 aromatic rings. The summed E-state index contributed by atoms with van der Waals surface area (Å²) in [6.07, 6.45) is 0. The van der Waals surface area contributed by atoms with Crippen molar-refractivity contribution in [2.24, 2.45) is 0 Å². The van der Waals surface area contributed by atoms with Crippen LogP contribution in [0.15, 0.2) is 34.7 Å². The number of aliphatic carboxylic acids is 1. The summed E-state index contributed by atoms with van der Waals surface area (Å²) in [4.78, 5) is 22.3. The van der Waals surface area contributed by atoms with E-state index in [1.54, 1.807) is 12.1 Å². The molecule has 1 heterocycles. The van der Waals surface area contributed by atoms with Crippen molar-refractivity contribution in [3.05, 3.63) is 53.0 Å². The van der Waals surface area contributed by atoms with Crippen molar-refractivity contribution in [1.29, 1.82) is 0 Å². The number of aryl methyl sites for hydroxylation is 2. The fraction of sp³-hybridized carbons (Fsp3) is 0.333. The summed E-state index contributed by atoms with van der Waals surface area (Å²) in [6, 6.07) is 9.23. The second-order valence-electron chi connectivity index (χ2n) is 5.53. The zero-order chi connectivity index (χ0) is 18.2. The Bertz CT molecular complexity index is 741. The van der Waals surface area contributed by atoms with E-state index < -0.39 is 5.97 Å². The van der Waals surface area contributed by atoms with E-state index >= 15 is 0 Å². The molecule has 1 amide bonds. The van der Waals surface area contributed by atoms with Gasteiger partial charge in [0.2, 0.25) is 0 Å². The number of hydrogen-bond acceptors (Lipinski definition) is 5. The highest BCUT2D eigenvalue weighted by molar-refractivity contribution is 7.99. The molecular formula is C18H21NO5S. The molecule has 25 heavy (non-hydrogen) atoms. The number of ether oxygens (including phenoxy) is 1. The summed E-state index contributed by atoms with van der Waals surface area (Å²) in [7, 11) is 0. The van der Waals surface area contributed by atoms with Crippen LogP contribution < -0.4 is 10.1 Å². The predicted octanol–water partition coefficient (Wildman–Crippen LogP) is 3.02. The van der Waals surface area contributed by atoms with Crippen LogP contribution in [0.5, 0.6) is 5.75 Å². The number of thioether (sulfide) groups is 1. The summed E-state index contributed by atoms with van der Waals surface area (Å²) < 4.78 is 11.2. The molecule has 0 unspecified atom stereocenters. The minimum atomic E-state index is -0.865. The number of carboxylic acid groups (broad SMARTS) is 1. The number of rotatable bonds is 9. The van der Waals surface area contributed by atoms with E-state index in [0.29, 0.717) is 18.1 Å². The zero-order valence-electron chi connectivity index (χ0n) is 14.2. The molecule has 0 atom stereocenters. The topological polar surface area (TPSA) is 88.8 Å². The Morgan fingerprint density at radius 1 is 1.24 bits per heavy atom. The zero-order valence-corrected chi connectivity index (χ0v) is 15.0. The molecule has 0 saturated heterocycles. The van der Waals surface area contributed by atoms with Gasteiger partial charge in [-0.25, -0.2) is 0 Å². The molecule has 2 rings (SSSR count). The minimum Gasteiger partial charge on any atom is -0.485 e. The van der Waals surface area contributed by atoms with Gasteiger partial charge in [0, 0.05) is 12.3 Å². The average molecular weight is 363 g/mol. The number of hydrogen-bond donors (Lipinski definition) is 2. The largest absolute Gasteiger partial charge is 0.485 e. The maximum Gasteiger partial charge on any atom is 0.313 e. The number of carbonyl (C=O) groups excluding carboxylic acids is 1. The molecule has 0 spiro atoms. The monoisotopic (exact) mass is 363 g/mol. The van der Waals surface area contributed by atoms with Crippen LogP contribution in [-0.2, 0) is 11.4 Å². The second-order valence-corrected chi connectivity index (χ2v) is 6.63. The van der Waals surface area contributed by atoms with Crippen molar-refractivity contribution >= 4 is 23.6 Å². The van der Waals surface area contributed by atoms with Gasteiger partial charge in [0.1, 0.15) is 18.1 Å². The van der Waals surface area contributed by atoms with Crippen LogP contribution in [-0.4, -0.2) is 35.0 Å². The molecule has 7 heteroatoms. The highest BCUT2D eigenvalue weighted by atomic mass is 32.2. The van der Waals surface area contributed by atoms with Crippen LogP contribution in [0.3, 0.4) is 0 Å². The van der Waals surface area contributed by atoms with Gasteiger partial charge in [0.15, 0.2) is 5.76 Å². The van der Waals surface area contributed by atoms with Crippen LogP contribution in [0, 0.1) is 13.8 Å². The van der Waals surface area contributed by atoms with Crippen molar-refractivity contribution in [1.82, 2.24) is 5.32 Å². The van der Waals surface area contributed by atoms with Crippen LogP contribution in [0.25, 0.3) is 0 Å². The summed E-state index contributed by atoms with van der Waals surface area (Å²) in [6.45, 7) is 4.62. The SMILES string of the molecule is Cc1ccc(OCc2ccc(C(=O)NCCSCC(=O)O)o2)c(C)c1. The minimum absolute atomic E-state index is 0.0243. The molecule has 0 fully saturated rings. The fourth-order valence-electron chi connectivity index (χ4n) is 2.17. The van der Waals surface area contributed by atoms with E-state index in [1.165, 1.54) is 17.3 Å². The van der Waals surface area contributed by atoms with Crippen LogP contribution >= 0.6 is 11.8 Å². The van der Waals surface area contributed by atoms with Gasteiger partial charge in [-0.15, -0.1) is 11.8 Å². The molecule has 0 radical (unpaired) electrons. The van der Waals surface area contributed by atoms with E-state index in [2.05, 4.69) is 5.32 Å². The van der Waals surface area contributed by atoms with Gasteiger partial charge in [-0.05, 0) is 37.6 Å². The third-order valence-electron chi connectivity index (χ3n) is 3.34. The Labute approximate surface area is 150 Å². The number of furan rings is 1. The number of amides is 1. The summed E-state index contributed by atoms with van der Waals surface area (Å²) in [5.74, 6) is 0.915. The third kappa shape index (κ3) is 6.19. The van der Waals surface area contributed by atoms with Crippen molar-refractivity contribution in [2.75, 3.05) is 18.1 Å². The Hall–Kier alpha value is -2.41. The van der Waals surface area contributed by atoms with Gasteiger partial charge in [0.05, 0.1) is 5.75 Å². The predicted molar refractivity (Wildman–Crippen MR) is 96.3 cm³/mol. The number of benzene rings is 1. The highest BCUT2D eigenvalue weighted by Crippen LogP contribution is 2.20. The first-order valence-corrected chi connectivity index (χ1v) is 8.97. The van der Waals surface area contributed by atoms with E-state index in [0.717, 1.165) is 11.3 Å². The van der Waals surface area contributed by atoms with E-state index in [4.69, 9.17) is 14.3 Å². The molecule has 1 aromatic carbocycles. The van der Waals surface area contributed by atoms with Gasteiger partial charge in [-0.2, -0.15) is 0 Å². The lowest BCUT2D eigenvalue weighted by atomic mass is 10.1. The fourth-order valence-corrected chi connectivity index (χ4v) is 2.74. The Balaban J connectivity index is 1.79. The summed E-state index contributed by atoms with van der Waals surface area (Å²) in [5.41, 5.74) is 2.21. The lowest BCUT2D eigenvalue weighted by Gasteiger charge is -2.08. The standard InChI is InChI=1S/C18H21NO5S/c1-12-3-5-15(13(2)9-12)23-10-14-4-6-16(24-14)18(22)19-7-8-25-11-17(20)21/h3-6,9H,7-8,10-11H2,1-2H3,(H,19,22)(H,20,21). The molecule has 0 aliphatic carbocycles. The lowest BCUT2D eigenvalue weighted by molar-refractivity contribution is -0.133. The van der Waals surface area contributed by atoms with Gasteiger partial charge < -0.3 is 19.6 Å². The summed E-state index contributed by atoms with van der Waals surface area (Å²) in [5, 5.41) is 11.2. The molecule has 2 N–H and O–H groups in total. The van der Waals surface area contributed by atoms with Crippen LogP contribution in [0.1, 0.15) is 27.4 Å². The lowest BCUT2D eigenvalue weighted by Crippen LogP contribution is -2.25. The Morgan fingerprint density at radius 2 is 2.04 bits per heavy atom. The van der Waals surface area contributed by atoms with Crippen molar-refractivity contribution in [2.45, 2.75) is 20.5 Å². The smallest absolute Gasteiger partial charge is 0.313 e. The van der Waals surface area contributed by atoms with E-state index in [9.17, 15) is 9.59 Å². The highest BCUT2D eigenvalue weighted by Gasteiger charge is 2.11. The van der Waals surface area contributed by atoms with Crippen molar-refractivity contribution in [3.8, 4) is 5.75 Å². The van der Waals surface area contributed by atoms with Gasteiger partial charge in [-0.1, -0.05) is 17.7 Å². The van der Waals surface area contributed by atoms with Gasteiger partial charge >= 0.3 is 5.97 Å². The molecule has 1 aromatic heterocycles. The molecule has 0 aliphatic heterocycles. The molecular weight excluding hydrogens is 342 g/mol. The van der Waals surface area contributed by atoms with Crippen LogP contribution in [0.4, 0.5) is 0 Å². The number of carboxylic acids is 1. The Morgan fingerprint density at radius 3 is 2.76 bits per heavy atom. The van der Waals surface area contributed by atoms with Crippen LogP contribution in [0.2, 0.25) is 0 Å². The molecule has 0 bridgehead atoms. The second kappa shape index (κ2) is 9.17. The van der Waals surface area contributed by atoms with Crippen molar-refractivity contribution < 1.29 is 23.8 Å². The first-order valence-electron chi connectivity index (χ1n) is 7.82. The number of carbonyl (C=O) groups is 2. The summed E-state index contributed by atoms with van der Waals surface area (Å²) >= 11 is 1.25. The van der Waals surface area contributed by atoms with E-state index in [-0.39, 0.29) is 24.0 Å². The maximum atomic E-state index is 11.9. The first-order chi connectivity index (χ1) is 12.0. The first kappa shape index (κ1) is 18.9. The Kier molecular flexibility index (Phi) is 6.94. The molecule has 134 valence electrons. The maximum absolute atomic E-state index is 11.9. The number of nitrogens with one attached hydrogen (secondary N) is 1.